The van der Waals surface area contributed by atoms with Crippen molar-refractivity contribution in [2.75, 3.05) is 0 Å². The average molecular weight is 342 g/mol. The number of aromatic nitrogens is 3. The Hall–Kier alpha value is -2.66. The van der Waals surface area contributed by atoms with E-state index in [0.717, 1.165) is 10.8 Å². The maximum absolute atomic E-state index is 13.7. The van der Waals surface area contributed by atoms with Crippen molar-refractivity contribution >= 4 is 33.4 Å². The minimum atomic E-state index is -0.409. The van der Waals surface area contributed by atoms with Gasteiger partial charge in [0.25, 0.3) is 5.56 Å². The zero-order chi connectivity index (χ0) is 16.8. The van der Waals surface area contributed by atoms with Gasteiger partial charge in [0.05, 0.1) is 11.2 Å². The van der Waals surface area contributed by atoms with Gasteiger partial charge in [-0.25, -0.2) is 4.39 Å². The predicted molar refractivity (Wildman–Crippen MR) is 93.5 cm³/mol. The Morgan fingerprint density at radius 1 is 1.17 bits per heavy atom. The van der Waals surface area contributed by atoms with Crippen molar-refractivity contribution in [3.63, 3.8) is 0 Å². The molecule has 0 aliphatic carbocycles. The third-order valence-electron chi connectivity index (χ3n) is 4.05. The van der Waals surface area contributed by atoms with Gasteiger partial charge in [-0.15, -0.1) is 0 Å². The lowest BCUT2D eigenvalue weighted by molar-refractivity contribution is 0.626. The molecule has 4 aromatic rings. The smallest absolute Gasteiger partial charge is 0.275 e. The molecule has 0 radical (unpaired) electrons. The van der Waals surface area contributed by atoms with Crippen LogP contribution in [0, 0.1) is 5.82 Å². The van der Waals surface area contributed by atoms with E-state index in [-0.39, 0.29) is 5.56 Å². The van der Waals surface area contributed by atoms with Gasteiger partial charge in [-0.05, 0) is 37.3 Å². The van der Waals surface area contributed by atoms with Gasteiger partial charge in [0, 0.05) is 28.5 Å². The van der Waals surface area contributed by atoms with Crippen LogP contribution in [-0.4, -0.2) is 14.3 Å². The molecule has 0 atom stereocenters. The Morgan fingerprint density at radius 2 is 2.00 bits per heavy atom. The molecule has 0 aliphatic heterocycles. The molecule has 0 unspecified atom stereocenters. The van der Waals surface area contributed by atoms with Gasteiger partial charge >= 0.3 is 0 Å². The molecule has 24 heavy (non-hydrogen) atoms. The van der Waals surface area contributed by atoms with Crippen LogP contribution in [0.2, 0.25) is 5.02 Å². The van der Waals surface area contributed by atoms with Crippen molar-refractivity contribution in [3.8, 4) is 5.69 Å². The van der Waals surface area contributed by atoms with Crippen LogP contribution in [0.3, 0.4) is 0 Å². The third kappa shape index (κ3) is 2.20. The summed E-state index contributed by atoms with van der Waals surface area (Å²) in [6.45, 7) is 2.61. The van der Waals surface area contributed by atoms with Crippen molar-refractivity contribution in [1.29, 1.82) is 0 Å². The summed E-state index contributed by atoms with van der Waals surface area (Å²) in [5, 5.41) is 6.49. The first-order valence-electron chi connectivity index (χ1n) is 7.56. The van der Waals surface area contributed by atoms with Crippen molar-refractivity contribution in [2.24, 2.45) is 0 Å². The van der Waals surface area contributed by atoms with E-state index in [1.165, 1.54) is 16.7 Å². The number of hydrogen-bond donors (Lipinski definition) is 0. The lowest BCUT2D eigenvalue weighted by Crippen LogP contribution is -2.19. The topological polar surface area (TPSA) is 39.8 Å². The monoisotopic (exact) mass is 341 g/mol. The minimum Gasteiger partial charge on any atom is -0.275 e. The zero-order valence-corrected chi connectivity index (χ0v) is 13.6. The number of rotatable bonds is 2. The highest BCUT2D eigenvalue weighted by Crippen LogP contribution is 2.27. The molecule has 0 fully saturated rings. The molecule has 0 bridgehead atoms. The Labute approximate surface area is 141 Å². The number of fused-ring (bicyclic) bond motifs is 3. The summed E-state index contributed by atoms with van der Waals surface area (Å²) < 4.78 is 16.9. The molecular formula is C18H13ClFN3O. The second kappa shape index (κ2) is 5.46. The summed E-state index contributed by atoms with van der Waals surface area (Å²) in [7, 11) is 0. The first-order chi connectivity index (χ1) is 11.6. The number of halogens is 2. The van der Waals surface area contributed by atoms with E-state index in [0.29, 0.717) is 28.3 Å². The molecule has 0 saturated carbocycles. The van der Waals surface area contributed by atoms with E-state index >= 15 is 0 Å². The van der Waals surface area contributed by atoms with Crippen LogP contribution >= 0.6 is 11.6 Å². The maximum Gasteiger partial charge on any atom is 0.283 e. The van der Waals surface area contributed by atoms with E-state index in [1.807, 2.05) is 19.2 Å². The molecule has 0 aliphatic rings. The fourth-order valence-electron chi connectivity index (χ4n) is 2.94. The maximum atomic E-state index is 13.7. The van der Waals surface area contributed by atoms with Crippen LogP contribution in [-0.2, 0) is 6.54 Å². The largest absolute Gasteiger partial charge is 0.283 e. The Balaban J connectivity index is 2.23. The van der Waals surface area contributed by atoms with E-state index < -0.39 is 5.82 Å². The molecule has 0 spiro atoms. The van der Waals surface area contributed by atoms with E-state index in [1.54, 1.807) is 28.9 Å². The molecule has 120 valence electrons. The normalized spacial score (nSPS) is 11.5. The Bertz CT molecular complexity index is 1150. The third-order valence-corrected chi connectivity index (χ3v) is 4.28. The molecule has 6 heteroatoms. The first-order valence-corrected chi connectivity index (χ1v) is 7.93. The van der Waals surface area contributed by atoms with E-state index in [4.69, 9.17) is 11.6 Å². The lowest BCUT2D eigenvalue weighted by atomic mass is 10.1. The molecule has 2 aromatic carbocycles. The van der Waals surface area contributed by atoms with Crippen molar-refractivity contribution < 1.29 is 4.39 Å². The summed E-state index contributed by atoms with van der Waals surface area (Å²) in [4.78, 5) is 13.0. The molecule has 4 rings (SSSR count). The standard InChI is InChI=1S/C18H13ClFN3O/c1-2-22-10-15-14-7-6-11(19)8-16(14)23(18(24)17(15)21-22)13-5-3-4-12(20)9-13/h3-10H,2H2,1H3. The number of hydrogen-bond acceptors (Lipinski definition) is 2. The highest BCUT2D eigenvalue weighted by Gasteiger charge is 2.16. The van der Waals surface area contributed by atoms with Gasteiger partial charge in [0.15, 0.2) is 5.52 Å². The molecule has 0 amide bonds. The van der Waals surface area contributed by atoms with Crippen LogP contribution in [0.4, 0.5) is 4.39 Å². The Kier molecular flexibility index (Phi) is 3.39. The van der Waals surface area contributed by atoms with Crippen LogP contribution < -0.4 is 5.56 Å². The number of aryl methyl sites for hydroxylation is 1. The molecule has 2 aromatic heterocycles. The summed E-state index contributed by atoms with van der Waals surface area (Å²) in [5.41, 5.74) is 1.13. The molecule has 0 N–H and O–H groups in total. The predicted octanol–water partition coefficient (Wildman–Crippen LogP) is 4.15. The van der Waals surface area contributed by atoms with Gasteiger partial charge in [-0.3, -0.25) is 14.0 Å². The van der Waals surface area contributed by atoms with E-state index in [9.17, 15) is 9.18 Å². The summed E-state index contributed by atoms with van der Waals surface area (Å²) in [5.74, 6) is -0.409. The van der Waals surface area contributed by atoms with Gasteiger partial charge in [0.1, 0.15) is 5.82 Å². The fraction of sp³-hybridized carbons (Fsp3) is 0.111. The summed E-state index contributed by atoms with van der Waals surface area (Å²) in [6, 6.07) is 11.3. The van der Waals surface area contributed by atoms with Crippen LogP contribution in [0.1, 0.15) is 6.92 Å². The fourth-order valence-corrected chi connectivity index (χ4v) is 3.11. The lowest BCUT2D eigenvalue weighted by Gasteiger charge is -2.11. The van der Waals surface area contributed by atoms with Gasteiger partial charge in [-0.2, -0.15) is 5.10 Å². The van der Waals surface area contributed by atoms with Crippen molar-refractivity contribution in [3.05, 3.63) is 69.9 Å². The van der Waals surface area contributed by atoms with Crippen LogP contribution in [0.25, 0.3) is 27.5 Å². The van der Waals surface area contributed by atoms with Crippen LogP contribution in [0.5, 0.6) is 0 Å². The van der Waals surface area contributed by atoms with Gasteiger partial charge < -0.3 is 0 Å². The van der Waals surface area contributed by atoms with Gasteiger partial charge in [0.2, 0.25) is 0 Å². The second-order valence-electron chi connectivity index (χ2n) is 5.53. The molecule has 0 saturated heterocycles. The van der Waals surface area contributed by atoms with Crippen molar-refractivity contribution in [1.82, 2.24) is 14.3 Å². The highest BCUT2D eigenvalue weighted by molar-refractivity contribution is 6.31. The first kappa shape index (κ1) is 14.9. The zero-order valence-electron chi connectivity index (χ0n) is 12.8. The molecular weight excluding hydrogens is 329 g/mol. The van der Waals surface area contributed by atoms with Gasteiger partial charge in [-0.1, -0.05) is 23.7 Å². The minimum absolute atomic E-state index is 0.294. The summed E-state index contributed by atoms with van der Waals surface area (Å²) in [6.07, 6.45) is 1.85. The number of nitrogens with zero attached hydrogens (tertiary/aromatic N) is 3. The molecule has 4 nitrogen and oxygen atoms in total. The number of benzene rings is 2. The van der Waals surface area contributed by atoms with Crippen molar-refractivity contribution in [2.45, 2.75) is 13.5 Å². The highest BCUT2D eigenvalue weighted by atomic mass is 35.5. The quantitative estimate of drug-likeness (QED) is 0.549. The number of pyridine rings is 1. The van der Waals surface area contributed by atoms with Crippen LogP contribution in [0.15, 0.2) is 53.5 Å². The Morgan fingerprint density at radius 3 is 2.75 bits per heavy atom. The average Bonchev–Trinajstić information content (AvgIpc) is 3.00. The van der Waals surface area contributed by atoms with E-state index in [2.05, 4.69) is 5.10 Å². The molecule has 2 heterocycles. The SMILES string of the molecule is CCn1cc2c(n1)c(=O)n(-c1cccc(F)c1)c1cc(Cl)ccc21. The second-order valence-corrected chi connectivity index (χ2v) is 5.97. The summed E-state index contributed by atoms with van der Waals surface area (Å²) >= 11 is 6.14.